The molecule has 1 aromatic rings. The number of carbonyl (C=O) groups excluding carboxylic acids is 1. The van der Waals surface area contributed by atoms with Gasteiger partial charge in [0.2, 0.25) is 5.91 Å². The molecule has 0 unspecified atom stereocenters. The van der Waals surface area contributed by atoms with E-state index in [1.165, 1.54) is 18.4 Å². The minimum atomic E-state index is -0.176. The molecule has 0 aromatic heterocycles. The maximum atomic E-state index is 12.2. The summed E-state index contributed by atoms with van der Waals surface area (Å²) in [6.45, 7) is 1.54. The second-order valence-electron chi connectivity index (χ2n) is 5.56. The topological polar surface area (TPSA) is 47.6 Å². The third-order valence-electron chi connectivity index (χ3n) is 4.07. The average Bonchev–Trinajstić information content (AvgIpc) is 2.98. The summed E-state index contributed by atoms with van der Waals surface area (Å²) in [5, 5.41) is 3.25. The van der Waals surface area contributed by atoms with Gasteiger partial charge < -0.3 is 14.8 Å². The fourth-order valence-electron chi connectivity index (χ4n) is 2.96. The van der Waals surface area contributed by atoms with Crippen LogP contribution in [0.5, 0.6) is 0 Å². The third kappa shape index (κ3) is 4.55. The molecule has 1 aliphatic rings. The molecule has 1 fully saturated rings. The highest BCUT2D eigenvalue weighted by molar-refractivity contribution is 5.77. The number of hydrogen-bond acceptors (Lipinski definition) is 3. The number of carbonyl (C=O) groups is 1. The third-order valence-corrected chi connectivity index (χ3v) is 4.07. The minimum Gasteiger partial charge on any atom is -0.382 e. The van der Waals surface area contributed by atoms with Crippen LogP contribution < -0.4 is 5.32 Å². The van der Waals surface area contributed by atoms with Crippen LogP contribution in [0.25, 0.3) is 0 Å². The maximum absolute atomic E-state index is 12.2. The summed E-state index contributed by atoms with van der Waals surface area (Å²) in [6, 6.07) is 10.3. The van der Waals surface area contributed by atoms with Crippen molar-refractivity contribution < 1.29 is 14.3 Å². The Kier molecular flexibility index (Phi) is 6.21. The van der Waals surface area contributed by atoms with Crippen molar-refractivity contribution in [2.75, 3.05) is 26.9 Å². The predicted molar refractivity (Wildman–Crippen MR) is 82.0 cm³/mol. The number of amides is 1. The van der Waals surface area contributed by atoms with Crippen molar-refractivity contribution in [3.05, 3.63) is 35.9 Å². The second kappa shape index (κ2) is 8.15. The fourth-order valence-corrected chi connectivity index (χ4v) is 2.96. The van der Waals surface area contributed by atoms with Gasteiger partial charge in [0.25, 0.3) is 0 Å². The van der Waals surface area contributed by atoms with Crippen LogP contribution in [0.2, 0.25) is 0 Å². The van der Waals surface area contributed by atoms with E-state index in [4.69, 9.17) is 9.47 Å². The molecule has 21 heavy (non-hydrogen) atoms. The van der Waals surface area contributed by atoms with Crippen LogP contribution in [0, 0.1) is 0 Å². The summed E-state index contributed by atoms with van der Waals surface area (Å²) in [7, 11) is 1.64. The summed E-state index contributed by atoms with van der Waals surface area (Å²) >= 11 is 0. The predicted octanol–water partition coefficient (Wildman–Crippen LogP) is 2.63. The lowest BCUT2D eigenvalue weighted by Crippen LogP contribution is -2.44. The summed E-state index contributed by atoms with van der Waals surface area (Å²) in [6.07, 6.45) is 4.78. The Balaban J connectivity index is 1.87. The number of ether oxygens (including phenoxy) is 2. The highest BCUT2D eigenvalue weighted by Crippen LogP contribution is 2.38. The Labute approximate surface area is 126 Å². The lowest BCUT2D eigenvalue weighted by Gasteiger charge is -2.31. The molecule has 0 aliphatic heterocycles. The zero-order valence-electron chi connectivity index (χ0n) is 12.8. The summed E-state index contributed by atoms with van der Waals surface area (Å²) in [4.78, 5) is 12.2. The highest BCUT2D eigenvalue weighted by Gasteiger charge is 2.36. The molecule has 1 aliphatic carbocycles. The summed E-state index contributed by atoms with van der Waals surface area (Å²) in [5.74, 6) is 0.0677. The van der Waals surface area contributed by atoms with Gasteiger partial charge in [0, 0.05) is 13.5 Å². The second-order valence-corrected chi connectivity index (χ2v) is 5.56. The summed E-state index contributed by atoms with van der Waals surface area (Å²) < 4.78 is 10.3. The van der Waals surface area contributed by atoms with Gasteiger partial charge in [-0.15, -0.1) is 0 Å². The quantitative estimate of drug-likeness (QED) is 0.749. The lowest BCUT2D eigenvalue weighted by atomic mass is 9.88. The minimum absolute atomic E-state index is 0.0677. The van der Waals surface area contributed by atoms with Crippen LogP contribution in [0.3, 0.4) is 0 Å². The first-order chi connectivity index (χ1) is 10.3. The van der Waals surface area contributed by atoms with Gasteiger partial charge in [-0.3, -0.25) is 4.79 Å². The molecule has 4 heteroatoms. The monoisotopic (exact) mass is 291 g/mol. The molecule has 1 amide bonds. The van der Waals surface area contributed by atoms with Crippen LogP contribution in [-0.4, -0.2) is 32.8 Å². The van der Waals surface area contributed by atoms with Crippen molar-refractivity contribution in [3.8, 4) is 0 Å². The Morgan fingerprint density at radius 2 is 1.86 bits per heavy atom. The number of hydrogen-bond donors (Lipinski definition) is 1. The van der Waals surface area contributed by atoms with Gasteiger partial charge >= 0.3 is 0 Å². The molecule has 0 heterocycles. The Bertz CT molecular complexity index is 427. The maximum Gasteiger partial charge on any atom is 0.223 e. The van der Waals surface area contributed by atoms with Crippen molar-refractivity contribution in [1.29, 1.82) is 0 Å². The molecule has 0 spiro atoms. The normalized spacial score (nSPS) is 16.8. The van der Waals surface area contributed by atoms with Crippen LogP contribution in [0.4, 0.5) is 0 Å². The first kappa shape index (κ1) is 16.0. The molecule has 0 radical (unpaired) electrons. The number of benzene rings is 1. The van der Waals surface area contributed by atoms with Gasteiger partial charge in [0.1, 0.15) is 0 Å². The van der Waals surface area contributed by atoms with Gasteiger partial charge in [-0.25, -0.2) is 0 Å². The zero-order valence-corrected chi connectivity index (χ0v) is 12.8. The van der Waals surface area contributed by atoms with Gasteiger partial charge in [-0.1, -0.05) is 43.2 Å². The first-order valence-electron chi connectivity index (χ1n) is 7.70. The van der Waals surface area contributed by atoms with Crippen molar-refractivity contribution in [2.24, 2.45) is 0 Å². The molecule has 4 nitrogen and oxygen atoms in total. The molecular weight excluding hydrogens is 266 g/mol. The van der Waals surface area contributed by atoms with Gasteiger partial charge in [0.15, 0.2) is 0 Å². The van der Waals surface area contributed by atoms with Crippen molar-refractivity contribution in [1.82, 2.24) is 5.32 Å². The van der Waals surface area contributed by atoms with E-state index < -0.39 is 0 Å². The fraction of sp³-hybridized carbons (Fsp3) is 0.588. The number of nitrogens with one attached hydrogen (secondary N) is 1. The van der Waals surface area contributed by atoms with E-state index in [0.717, 1.165) is 12.8 Å². The number of methoxy groups -OCH3 is 1. The first-order valence-corrected chi connectivity index (χ1v) is 7.70. The molecule has 2 rings (SSSR count). The van der Waals surface area contributed by atoms with Gasteiger partial charge in [-0.2, -0.15) is 0 Å². The standard InChI is InChI=1S/C17H25NO3/c1-20-13-14-21-12-9-16(19)18-17(10-5-6-11-17)15-7-3-2-4-8-15/h2-4,7-8H,5-6,9-14H2,1H3,(H,18,19). The molecule has 1 aromatic carbocycles. The molecule has 1 saturated carbocycles. The van der Waals surface area contributed by atoms with Crippen LogP contribution >= 0.6 is 0 Å². The van der Waals surface area contributed by atoms with Crippen LogP contribution in [0.1, 0.15) is 37.7 Å². The zero-order chi connectivity index (χ0) is 15.0. The van der Waals surface area contributed by atoms with E-state index in [-0.39, 0.29) is 11.4 Å². The van der Waals surface area contributed by atoms with Crippen molar-refractivity contribution in [2.45, 2.75) is 37.6 Å². The molecule has 1 N–H and O–H groups in total. The van der Waals surface area contributed by atoms with Crippen LogP contribution in [0.15, 0.2) is 30.3 Å². The molecule has 116 valence electrons. The van der Waals surface area contributed by atoms with Crippen molar-refractivity contribution in [3.63, 3.8) is 0 Å². The average molecular weight is 291 g/mol. The highest BCUT2D eigenvalue weighted by atomic mass is 16.5. The van der Waals surface area contributed by atoms with Gasteiger partial charge in [-0.05, 0) is 18.4 Å². The Morgan fingerprint density at radius 1 is 1.14 bits per heavy atom. The largest absolute Gasteiger partial charge is 0.382 e. The smallest absolute Gasteiger partial charge is 0.223 e. The van der Waals surface area contributed by atoms with E-state index in [0.29, 0.717) is 26.2 Å². The van der Waals surface area contributed by atoms with E-state index in [2.05, 4.69) is 17.4 Å². The molecule has 0 bridgehead atoms. The lowest BCUT2D eigenvalue weighted by molar-refractivity contribution is -0.124. The van der Waals surface area contributed by atoms with Crippen LogP contribution in [-0.2, 0) is 19.8 Å². The Morgan fingerprint density at radius 3 is 2.52 bits per heavy atom. The number of rotatable bonds is 8. The SMILES string of the molecule is COCCOCCC(=O)NC1(c2ccccc2)CCCC1. The van der Waals surface area contributed by atoms with Crippen molar-refractivity contribution >= 4 is 5.91 Å². The Hall–Kier alpha value is -1.39. The molecular formula is C17H25NO3. The van der Waals surface area contributed by atoms with E-state index >= 15 is 0 Å². The molecule has 0 atom stereocenters. The molecule has 0 saturated heterocycles. The van der Waals surface area contributed by atoms with E-state index in [9.17, 15) is 4.79 Å². The van der Waals surface area contributed by atoms with Gasteiger partial charge in [0.05, 0.1) is 25.4 Å². The summed E-state index contributed by atoms with van der Waals surface area (Å²) in [5.41, 5.74) is 1.04. The van der Waals surface area contributed by atoms with E-state index in [1.54, 1.807) is 7.11 Å². The van der Waals surface area contributed by atoms with E-state index in [1.807, 2.05) is 18.2 Å².